The van der Waals surface area contributed by atoms with Crippen LogP contribution in [-0.2, 0) is 35.3 Å². The van der Waals surface area contributed by atoms with Gasteiger partial charge in [0.25, 0.3) is 0 Å². The van der Waals surface area contributed by atoms with Gasteiger partial charge in [0.15, 0.2) is 11.6 Å². The molecule has 1 heterocycles. The normalized spacial score (nSPS) is 12.2. The lowest BCUT2D eigenvalue weighted by atomic mass is 10.00. The van der Waals surface area contributed by atoms with Gasteiger partial charge in [-0.25, -0.2) is 0 Å². The Hall–Kier alpha value is -4.52. The number of aromatic nitrogens is 1. The van der Waals surface area contributed by atoms with Crippen molar-refractivity contribution in [3.63, 3.8) is 0 Å². The van der Waals surface area contributed by atoms with Crippen LogP contribution in [0.5, 0.6) is 5.75 Å². The Kier molecular flexibility index (Phi) is 9.99. The van der Waals surface area contributed by atoms with E-state index in [1.54, 1.807) is 24.3 Å². The minimum absolute atomic E-state index is 0.147. The Balaban J connectivity index is 0.000000186. The van der Waals surface area contributed by atoms with Gasteiger partial charge in [0.2, 0.25) is 0 Å². The number of aliphatic hydroxyl groups is 2. The molecule has 6 heteroatoms. The molecule has 2 unspecified atom stereocenters. The molecule has 5 rings (SSSR count). The van der Waals surface area contributed by atoms with Gasteiger partial charge in [0.05, 0.1) is 0 Å². The van der Waals surface area contributed by atoms with Crippen molar-refractivity contribution < 1.29 is 24.9 Å². The first-order valence-electron chi connectivity index (χ1n) is 13.2. The summed E-state index contributed by atoms with van der Waals surface area (Å²) in [7, 11) is 0. The second-order valence-electron chi connectivity index (χ2n) is 9.72. The van der Waals surface area contributed by atoms with E-state index in [-0.39, 0.29) is 36.6 Å². The number of phenols is 1. The van der Waals surface area contributed by atoms with Crippen LogP contribution in [-0.4, -0.2) is 44.1 Å². The number of Topliss-reactive ketones (excluding diaryl/α,β-unsaturated/α-hetero) is 2. The quantitative estimate of drug-likeness (QED) is 0.201. The predicted octanol–water partition coefficient (Wildman–Crippen LogP) is 4.99. The van der Waals surface area contributed by atoms with Crippen LogP contribution >= 0.6 is 0 Å². The summed E-state index contributed by atoms with van der Waals surface area (Å²) in [6, 6.07) is 33.3. The van der Waals surface area contributed by atoms with E-state index in [4.69, 9.17) is 5.11 Å². The van der Waals surface area contributed by atoms with E-state index in [2.05, 4.69) is 4.98 Å². The molecule has 0 radical (unpaired) electrons. The third-order valence-corrected chi connectivity index (χ3v) is 6.64. The Bertz CT molecular complexity index is 1510. The number of carbonyl (C=O) groups excluding carboxylic acids is 2. The number of benzene rings is 4. The molecular formula is C34H33NO5. The molecule has 4 N–H and O–H groups in total. The predicted molar refractivity (Wildman–Crippen MR) is 156 cm³/mol. The largest absolute Gasteiger partial charge is 0.508 e. The summed E-state index contributed by atoms with van der Waals surface area (Å²) in [6.45, 7) is 0. The Morgan fingerprint density at radius 2 is 1.10 bits per heavy atom. The lowest BCUT2D eigenvalue weighted by molar-refractivity contribution is -0.127. The number of H-pyrrole nitrogens is 1. The number of hydrogen-bond acceptors (Lipinski definition) is 5. The third-order valence-electron chi connectivity index (χ3n) is 6.64. The Morgan fingerprint density at radius 1 is 0.600 bits per heavy atom. The second kappa shape index (κ2) is 14.0. The van der Waals surface area contributed by atoms with Crippen LogP contribution in [0.4, 0.5) is 0 Å². The molecule has 40 heavy (non-hydrogen) atoms. The molecule has 2 atom stereocenters. The van der Waals surface area contributed by atoms with E-state index in [1.807, 2.05) is 91.1 Å². The summed E-state index contributed by atoms with van der Waals surface area (Å²) in [4.78, 5) is 27.2. The summed E-state index contributed by atoms with van der Waals surface area (Å²) >= 11 is 0. The zero-order chi connectivity index (χ0) is 28.3. The van der Waals surface area contributed by atoms with Crippen molar-refractivity contribution in [3.05, 3.63) is 138 Å². The zero-order valence-corrected chi connectivity index (χ0v) is 22.1. The number of fused-ring (bicyclic) bond motifs is 1. The third kappa shape index (κ3) is 8.24. The number of nitrogens with one attached hydrogen (secondary N) is 1. The summed E-state index contributed by atoms with van der Waals surface area (Å²) in [5, 5.41) is 30.3. The standard InChI is InChI=1S/C18H17NO2.C16H16O3/c20-17(10-13-6-2-1-3-7-13)18(21)11-14-12-19-16-9-5-4-8-15(14)16;17-14-8-6-13(7-9-14)11-16(19)15(18)10-12-4-2-1-3-5-12/h1-9,12,18-19,21H,10-11H2;1-9,16-17,19H,10-11H2. The number of carbonyl (C=O) groups is 2. The highest BCUT2D eigenvalue weighted by molar-refractivity contribution is 5.87. The van der Waals surface area contributed by atoms with Gasteiger partial charge in [-0.3, -0.25) is 9.59 Å². The molecule has 0 saturated carbocycles. The van der Waals surface area contributed by atoms with Crippen LogP contribution in [0.15, 0.2) is 115 Å². The maximum atomic E-state index is 12.1. The van der Waals surface area contributed by atoms with Crippen molar-refractivity contribution in [2.75, 3.05) is 0 Å². The molecule has 6 nitrogen and oxygen atoms in total. The molecule has 4 aromatic carbocycles. The molecule has 0 aliphatic rings. The van der Waals surface area contributed by atoms with Gasteiger partial charge in [-0.05, 0) is 40.5 Å². The number of aromatic amines is 1. The maximum Gasteiger partial charge on any atom is 0.165 e. The highest BCUT2D eigenvalue weighted by Crippen LogP contribution is 2.19. The van der Waals surface area contributed by atoms with E-state index in [0.29, 0.717) is 6.42 Å². The molecule has 0 aliphatic carbocycles. The van der Waals surface area contributed by atoms with Crippen molar-refractivity contribution in [3.8, 4) is 5.75 Å². The first-order valence-corrected chi connectivity index (χ1v) is 13.2. The van der Waals surface area contributed by atoms with Gasteiger partial charge < -0.3 is 20.3 Å². The molecule has 0 saturated heterocycles. The fourth-order valence-corrected chi connectivity index (χ4v) is 4.42. The number of para-hydroxylation sites is 1. The van der Waals surface area contributed by atoms with Crippen molar-refractivity contribution in [2.45, 2.75) is 37.9 Å². The van der Waals surface area contributed by atoms with E-state index in [9.17, 15) is 19.8 Å². The van der Waals surface area contributed by atoms with Gasteiger partial charge >= 0.3 is 0 Å². The lowest BCUT2D eigenvalue weighted by Gasteiger charge is -2.10. The monoisotopic (exact) mass is 535 g/mol. The van der Waals surface area contributed by atoms with Crippen molar-refractivity contribution in [1.82, 2.24) is 4.98 Å². The lowest BCUT2D eigenvalue weighted by Crippen LogP contribution is -2.24. The van der Waals surface area contributed by atoms with E-state index in [0.717, 1.165) is 33.2 Å². The number of aliphatic hydroxyl groups excluding tert-OH is 2. The summed E-state index contributed by atoms with van der Waals surface area (Å²) in [6.07, 6.45) is 1.00. The average Bonchev–Trinajstić information content (AvgIpc) is 3.38. The van der Waals surface area contributed by atoms with Crippen LogP contribution in [0.2, 0.25) is 0 Å². The highest BCUT2D eigenvalue weighted by atomic mass is 16.3. The topological polar surface area (TPSA) is 111 Å². The highest BCUT2D eigenvalue weighted by Gasteiger charge is 2.18. The Labute approximate surface area is 233 Å². The fourth-order valence-electron chi connectivity index (χ4n) is 4.42. The summed E-state index contributed by atoms with van der Waals surface area (Å²) in [5.74, 6) is -0.167. The molecule has 0 amide bonds. The van der Waals surface area contributed by atoms with Crippen LogP contribution in [0, 0.1) is 0 Å². The first kappa shape index (κ1) is 28.5. The average molecular weight is 536 g/mol. The zero-order valence-electron chi connectivity index (χ0n) is 22.1. The minimum atomic E-state index is -1.01. The number of hydrogen-bond donors (Lipinski definition) is 4. The summed E-state index contributed by atoms with van der Waals surface area (Å²) in [5.41, 5.74) is 4.65. The number of ketones is 2. The second-order valence-corrected chi connectivity index (χ2v) is 9.72. The molecule has 5 aromatic rings. The van der Waals surface area contributed by atoms with Crippen LogP contribution < -0.4 is 0 Å². The van der Waals surface area contributed by atoms with E-state index >= 15 is 0 Å². The van der Waals surface area contributed by atoms with Crippen LogP contribution in [0.1, 0.15) is 22.3 Å². The van der Waals surface area contributed by atoms with Crippen molar-refractivity contribution >= 4 is 22.5 Å². The molecular weight excluding hydrogens is 502 g/mol. The smallest absolute Gasteiger partial charge is 0.165 e. The van der Waals surface area contributed by atoms with Crippen molar-refractivity contribution in [2.24, 2.45) is 0 Å². The van der Waals surface area contributed by atoms with Gasteiger partial charge in [-0.2, -0.15) is 0 Å². The van der Waals surface area contributed by atoms with Gasteiger partial charge in [0, 0.05) is 42.8 Å². The maximum absolute atomic E-state index is 12.1. The molecule has 0 spiro atoms. The van der Waals surface area contributed by atoms with Gasteiger partial charge in [0.1, 0.15) is 18.0 Å². The SMILES string of the molecule is O=C(Cc1ccccc1)C(O)Cc1c[nH]c2ccccc12.O=C(Cc1ccccc1)C(O)Cc1ccc(O)cc1. The van der Waals surface area contributed by atoms with E-state index in [1.165, 1.54) is 0 Å². The first-order chi connectivity index (χ1) is 19.4. The number of aromatic hydroxyl groups is 1. The number of rotatable bonds is 10. The summed E-state index contributed by atoms with van der Waals surface area (Å²) < 4.78 is 0. The molecule has 0 aliphatic heterocycles. The molecule has 0 bridgehead atoms. The van der Waals surface area contributed by atoms with Crippen LogP contribution in [0.25, 0.3) is 10.9 Å². The van der Waals surface area contributed by atoms with Crippen LogP contribution in [0.3, 0.4) is 0 Å². The van der Waals surface area contributed by atoms with Gasteiger partial charge in [-0.15, -0.1) is 0 Å². The Morgan fingerprint density at radius 3 is 1.68 bits per heavy atom. The van der Waals surface area contributed by atoms with Crippen molar-refractivity contribution in [1.29, 1.82) is 0 Å². The van der Waals surface area contributed by atoms with Gasteiger partial charge in [-0.1, -0.05) is 91.0 Å². The van der Waals surface area contributed by atoms with E-state index < -0.39 is 12.2 Å². The molecule has 0 fully saturated rings. The fraction of sp³-hybridized carbons (Fsp3) is 0.176. The molecule has 1 aromatic heterocycles. The molecule has 204 valence electrons. The number of phenolic OH excluding ortho intramolecular Hbond substituents is 1. The minimum Gasteiger partial charge on any atom is -0.508 e.